The van der Waals surface area contributed by atoms with Crippen LogP contribution in [0.25, 0.3) is 93.5 Å². The maximum Gasteiger partial charge on any atom is 0.0553 e. The number of para-hydroxylation sites is 2. The Kier molecular flexibility index (Phi) is 9.20. The molecule has 12 rings (SSSR count). The molecule has 1 aromatic heterocycles. The molecular weight excluding hydrogens is 773 g/mol. The van der Waals surface area contributed by atoms with Crippen LogP contribution < -0.4 is 4.90 Å². The van der Waals surface area contributed by atoms with Gasteiger partial charge in [0.2, 0.25) is 0 Å². The topological polar surface area (TPSA) is 8.17 Å². The van der Waals surface area contributed by atoms with Crippen molar-refractivity contribution in [3.8, 4) is 50.2 Å². The molecule has 1 heterocycles. The zero-order valence-electron chi connectivity index (χ0n) is 35.1. The maximum absolute atomic E-state index is 2.42. The Morgan fingerprint density at radius 3 is 1.48 bits per heavy atom. The fraction of sp³-hybridized carbons (Fsp3) is 0. The van der Waals surface area contributed by atoms with Crippen molar-refractivity contribution in [2.24, 2.45) is 0 Å². The second-order valence-electron chi connectivity index (χ2n) is 16.5. The normalized spacial score (nSPS) is 11.4. The lowest BCUT2D eigenvalue weighted by atomic mass is 9.92. The summed E-state index contributed by atoms with van der Waals surface area (Å²) in [5, 5.41) is 7.43. The fourth-order valence-electron chi connectivity index (χ4n) is 9.75. The lowest BCUT2D eigenvalue weighted by Crippen LogP contribution is -2.10. The van der Waals surface area contributed by atoms with E-state index in [-0.39, 0.29) is 0 Å². The molecule has 2 nitrogen and oxygen atoms in total. The molecule has 0 saturated heterocycles. The largest absolute Gasteiger partial charge is 0.310 e. The van der Waals surface area contributed by atoms with Crippen molar-refractivity contribution in [3.63, 3.8) is 0 Å². The first-order valence-electron chi connectivity index (χ1n) is 22.0. The second-order valence-corrected chi connectivity index (χ2v) is 16.5. The summed E-state index contributed by atoms with van der Waals surface area (Å²) in [5.74, 6) is 0. The first-order valence-corrected chi connectivity index (χ1v) is 22.0. The summed E-state index contributed by atoms with van der Waals surface area (Å²) in [6.45, 7) is 0. The van der Waals surface area contributed by atoms with Gasteiger partial charge < -0.3 is 9.47 Å². The van der Waals surface area contributed by atoms with E-state index in [0.29, 0.717) is 0 Å². The third-order valence-corrected chi connectivity index (χ3v) is 12.8. The van der Waals surface area contributed by atoms with Gasteiger partial charge in [-0.15, -0.1) is 0 Å². The van der Waals surface area contributed by atoms with Gasteiger partial charge in [-0.25, -0.2) is 0 Å². The highest BCUT2D eigenvalue weighted by Crippen LogP contribution is 2.45. The number of hydrogen-bond donors (Lipinski definition) is 0. The van der Waals surface area contributed by atoms with Crippen LogP contribution in [0.5, 0.6) is 0 Å². The van der Waals surface area contributed by atoms with E-state index in [1.807, 2.05) is 0 Å². The Balaban J connectivity index is 1.02. The Morgan fingerprint density at radius 1 is 0.281 bits per heavy atom. The van der Waals surface area contributed by atoms with Gasteiger partial charge in [-0.2, -0.15) is 0 Å². The minimum absolute atomic E-state index is 1.09. The van der Waals surface area contributed by atoms with Crippen molar-refractivity contribution in [1.29, 1.82) is 0 Å². The van der Waals surface area contributed by atoms with Crippen molar-refractivity contribution in [1.82, 2.24) is 4.57 Å². The van der Waals surface area contributed by atoms with Gasteiger partial charge in [-0.1, -0.05) is 194 Å². The molecule has 0 amide bonds. The van der Waals surface area contributed by atoms with Gasteiger partial charge in [-0.3, -0.25) is 0 Å². The quantitative estimate of drug-likeness (QED) is 0.148. The summed E-state index contributed by atoms with van der Waals surface area (Å²) >= 11 is 0. The van der Waals surface area contributed by atoms with Crippen molar-refractivity contribution >= 4 is 60.4 Å². The molecule has 12 aromatic rings. The van der Waals surface area contributed by atoms with E-state index >= 15 is 0 Å². The Bertz CT molecular complexity index is 3620. The van der Waals surface area contributed by atoms with Gasteiger partial charge in [0.05, 0.1) is 11.0 Å². The molecule has 0 aliphatic carbocycles. The number of benzene rings is 11. The molecule has 0 spiro atoms. The number of rotatable bonds is 8. The molecule has 0 saturated carbocycles. The first-order chi connectivity index (χ1) is 31.7. The third kappa shape index (κ3) is 6.52. The highest BCUT2D eigenvalue weighted by atomic mass is 15.1. The van der Waals surface area contributed by atoms with E-state index in [1.54, 1.807) is 0 Å². The molecule has 64 heavy (non-hydrogen) atoms. The number of aromatic nitrogens is 1. The molecule has 0 bridgehead atoms. The van der Waals surface area contributed by atoms with Crippen LogP contribution in [0.1, 0.15) is 0 Å². The second kappa shape index (κ2) is 15.8. The third-order valence-electron chi connectivity index (χ3n) is 12.8. The summed E-state index contributed by atoms with van der Waals surface area (Å²) in [5.41, 5.74) is 16.4. The fourth-order valence-corrected chi connectivity index (χ4v) is 9.75. The van der Waals surface area contributed by atoms with E-state index in [2.05, 4.69) is 264 Å². The van der Waals surface area contributed by atoms with Crippen molar-refractivity contribution < 1.29 is 0 Å². The van der Waals surface area contributed by atoms with Crippen molar-refractivity contribution in [2.75, 3.05) is 4.90 Å². The van der Waals surface area contributed by atoms with Gasteiger partial charge >= 0.3 is 0 Å². The predicted molar refractivity (Wildman–Crippen MR) is 272 cm³/mol. The number of nitrogens with zero attached hydrogens (tertiary/aromatic N) is 2. The standard InChI is InChI=1S/C62H42N2/c1-3-15-43(16-4-1)44-29-31-45(32-30-44)46-33-37-52(38-34-46)63(53-39-35-48(36-40-53)56-27-14-19-47-17-7-9-24-55(47)56)54-23-13-20-50(41-54)61-57-25-10-8-18-49(57)42-60-62(61)58-26-11-12-28-59(58)64(60)51-21-5-2-6-22-51/h1-42H. The van der Waals surface area contributed by atoms with Gasteiger partial charge in [0.25, 0.3) is 0 Å². The summed E-state index contributed by atoms with van der Waals surface area (Å²) in [4.78, 5) is 2.40. The van der Waals surface area contributed by atoms with Gasteiger partial charge in [0.1, 0.15) is 0 Å². The van der Waals surface area contributed by atoms with Crippen LogP contribution in [0.15, 0.2) is 255 Å². The Labute approximate surface area is 373 Å². The van der Waals surface area contributed by atoms with Gasteiger partial charge in [-0.05, 0) is 127 Å². The monoisotopic (exact) mass is 814 g/mol. The van der Waals surface area contributed by atoms with E-state index in [1.165, 1.54) is 87.9 Å². The SMILES string of the molecule is c1ccc(-c2ccc(-c3ccc(N(c4ccc(-c5cccc6ccccc56)cc4)c4cccc(-c5c6ccccc6cc6c5c5ccccc5n6-c5ccccc5)c4)cc3)cc2)cc1. The van der Waals surface area contributed by atoms with E-state index in [0.717, 1.165) is 22.7 Å². The van der Waals surface area contributed by atoms with Crippen LogP contribution in [0.3, 0.4) is 0 Å². The summed E-state index contributed by atoms with van der Waals surface area (Å²) < 4.78 is 2.42. The smallest absolute Gasteiger partial charge is 0.0553 e. The molecule has 0 aliphatic rings. The van der Waals surface area contributed by atoms with Crippen LogP contribution in [-0.4, -0.2) is 4.57 Å². The lowest BCUT2D eigenvalue weighted by molar-refractivity contribution is 1.18. The van der Waals surface area contributed by atoms with Crippen LogP contribution >= 0.6 is 0 Å². The summed E-state index contributed by atoms with van der Waals surface area (Å²) in [6, 6.07) is 92.7. The molecule has 0 atom stereocenters. The van der Waals surface area contributed by atoms with Crippen LogP contribution in [-0.2, 0) is 0 Å². The molecule has 0 radical (unpaired) electrons. The molecule has 0 aliphatic heterocycles. The minimum atomic E-state index is 1.09. The van der Waals surface area contributed by atoms with Gasteiger partial charge in [0, 0.05) is 33.5 Å². The zero-order valence-corrected chi connectivity index (χ0v) is 35.1. The van der Waals surface area contributed by atoms with E-state index in [9.17, 15) is 0 Å². The van der Waals surface area contributed by atoms with E-state index in [4.69, 9.17) is 0 Å². The molecule has 2 heteroatoms. The van der Waals surface area contributed by atoms with E-state index < -0.39 is 0 Å². The zero-order chi connectivity index (χ0) is 42.4. The Morgan fingerprint density at radius 2 is 0.781 bits per heavy atom. The number of fused-ring (bicyclic) bond motifs is 5. The minimum Gasteiger partial charge on any atom is -0.310 e. The highest BCUT2D eigenvalue weighted by molar-refractivity contribution is 6.23. The maximum atomic E-state index is 2.42. The number of anilines is 3. The van der Waals surface area contributed by atoms with Crippen LogP contribution in [0.2, 0.25) is 0 Å². The van der Waals surface area contributed by atoms with Crippen LogP contribution in [0, 0.1) is 0 Å². The molecule has 11 aromatic carbocycles. The average Bonchev–Trinajstić information content (AvgIpc) is 3.70. The average molecular weight is 815 g/mol. The first kappa shape index (κ1) is 37.3. The molecule has 0 fully saturated rings. The number of hydrogen-bond acceptors (Lipinski definition) is 1. The van der Waals surface area contributed by atoms with Crippen molar-refractivity contribution in [3.05, 3.63) is 255 Å². The molecule has 300 valence electrons. The van der Waals surface area contributed by atoms with Crippen molar-refractivity contribution in [2.45, 2.75) is 0 Å². The molecule has 0 N–H and O–H groups in total. The summed E-state index contributed by atoms with van der Waals surface area (Å²) in [6.07, 6.45) is 0. The van der Waals surface area contributed by atoms with Gasteiger partial charge in [0.15, 0.2) is 0 Å². The summed E-state index contributed by atoms with van der Waals surface area (Å²) in [7, 11) is 0. The Hall–Kier alpha value is -8.46. The predicted octanol–water partition coefficient (Wildman–Crippen LogP) is 17.2. The van der Waals surface area contributed by atoms with Crippen LogP contribution in [0.4, 0.5) is 17.1 Å². The highest BCUT2D eigenvalue weighted by Gasteiger charge is 2.21. The molecule has 0 unspecified atom stereocenters. The molecular formula is C62H42N2. The lowest BCUT2D eigenvalue weighted by Gasteiger charge is -2.27.